The number of nitrogens with one attached hydrogen (secondary N) is 1. The summed E-state index contributed by atoms with van der Waals surface area (Å²) in [4.78, 5) is 0. The number of piperidine rings is 1. The highest BCUT2D eigenvalue weighted by Crippen LogP contribution is 2.26. The van der Waals surface area contributed by atoms with Crippen molar-refractivity contribution in [3.8, 4) is 0 Å². The van der Waals surface area contributed by atoms with E-state index in [0.717, 1.165) is 37.6 Å². The zero-order valence-corrected chi connectivity index (χ0v) is 11.1. The summed E-state index contributed by atoms with van der Waals surface area (Å²) in [5.74, 6) is 2.03. The van der Waals surface area contributed by atoms with E-state index < -0.39 is 0 Å². The summed E-state index contributed by atoms with van der Waals surface area (Å²) in [7, 11) is 0. The van der Waals surface area contributed by atoms with Crippen LogP contribution < -0.4 is 5.32 Å². The van der Waals surface area contributed by atoms with Gasteiger partial charge < -0.3 is 9.73 Å². The van der Waals surface area contributed by atoms with E-state index in [4.69, 9.17) is 4.42 Å². The molecule has 1 aromatic rings. The lowest BCUT2D eigenvalue weighted by molar-refractivity contribution is 0.344. The molecule has 4 nitrogen and oxygen atoms in total. The van der Waals surface area contributed by atoms with Crippen LogP contribution >= 0.6 is 11.8 Å². The first-order valence-corrected chi connectivity index (χ1v) is 7.11. The maximum Gasteiger partial charge on any atom is 0.276 e. The fourth-order valence-electron chi connectivity index (χ4n) is 1.77. The zero-order chi connectivity index (χ0) is 12.1. The zero-order valence-electron chi connectivity index (χ0n) is 10.2. The normalized spacial score (nSPS) is 20.4. The Morgan fingerprint density at radius 2 is 2.47 bits per heavy atom. The molecule has 0 bridgehead atoms. The van der Waals surface area contributed by atoms with E-state index in [0.29, 0.717) is 11.1 Å². The smallest absolute Gasteiger partial charge is 0.276 e. The van der Waals surface area contributed by atoms with Crippen LogP contribution in [0.3, 0.4) is 0 Å². The lowest BCUT2D eigenvalue weighted by atomic mass is 10.00. The van der Waals surface area contributed by atoms with Gasteiger partial charge in [0.25, 0.3) is 5.22 Å². The van der Waals surface area contributed by atoms with Gasteiger partial charge in [-0.25, -0.2) is 0 Å². The Morgan fingerprint density at radius 1 is 1.59 bits per heavy atom. The summed E-state index contributed by atoms with van der Waals surface area (Å²) < 4.78 is 5.68. The highest BCUT2D eigenvalue weighted by molar-refractivity contribution is 7.99. The standard InChI is InChI=1S/C12H19N3OS/c1-3-9(2)8-17-12-15-14-11(16-12)10-5-4-6-13-7-10/h10,13H,2-8H2,1H3. The molecule has 2 rings (SSSR count). The van der Waals surface area contributed by atoms with Crippen LogP contribution in [-0.2, 0) is 0 Å². The minimum absolute atomic E-state index is 0.389. The van der Waals surface area contributed by atoms with Crippen LogP contribution in [0.25, 0.3) is 0 Å². The van der Waals surface area contributed by atoms with Crippen molar-refractivity contribution in [2.75, 3.05) is 18.8 Å². The van der Waals surface area contributed by atoms with E-state index in [2.05, 4.69) is 29.0 Å². The molecule has 0 spiro atoms. The van der Waals surface area contributed by atoms with E-state index in [1.165, 1.54) is 12.0 Å². The van der Waals surface area contributed by atoms with Gasteiger partial charge in [-0.15, -0.1) is 10.2 Å². The monoisotopic (exact) mass is 253 g/mol. The number of rotatable bonds is 5. The summed E-state index contributed by atoms with van der Waals surface area (Å²) in [5.41, 5.74) is 1.20. The van der Waals surface area contributed by atoms with Gasteiger partial charge in [0.1, 0.15) is 0 Å². The van der Waals surface area contributed by atoms with E-state index >= 15 is 0 Å². The third-order valence-corrected chi connectivity index (χ3v) is 3.93. The lowest BCUT2D eigenvalue weighted by Gasteiger charge is -2.18. The second-order valence-corrected chi connectivity index (χ2v) is 5.27. The first kappa shape index (κ1) is 12.6. The Bertz CT molecular complexity index is 372. The van der Waals surface area contributed by atoms with Gasteiger partial charge in [-0.3, -0.25) is 0 Å². The quantitative estimate of drug-likeness (QED) is 0.645. The van der Waals surface area contributed by atoms with Crippen molar-refractivity contribution in [2.45, 2.75) is 37.3 Å². The maximum atomic E-state index is 5.68. The minimum atomic E-state index is 0.389. The second kappa shape index (κ2) is 6.21. The van der Waals surface area contributed by atoms with Crippen molar-refractivity contribution in [1.82, 2.24) is 15.5 Å². The van der Waals surface area contributed by atoms with Gasteiger partial charge >= 0.3 is 0 Å². The lowest BCUT2D eigenvalue weighted by Crippen LogP contribution is -2.28. The van der Waals surface area contributed by atoms with E-state index in [-0.39, 0.29) is 0 Å². The number of hydrogen-bond donors (Lipinski definition) is 1. The van der Waals surface area contributed by atoms with Crippen LogP contribution in [0.2, 0.25) is 0 Å². The average molecular weight is 253 g/mol. The molecule has 2 heterocycles. The van der Waals surface area contributed by atoms with Gasteiger partial charge in [0.05, 0.1) is 0 Å². The fourth-order valence-corrected chi connectivity index (χ4v) is 2.55. The van der Waals surface area contributed by atoms with Gasteiger partial charge in [-0.2, -0.15) is 0 Å². The number of thioether (sulfide) groups is 1. The van der Waals surface area contributed by atoms with Crippen LogP contribution in [0.5, 0.6) is 0 Å². The minimum Gasteiger partial charge on any atom is -0.416 e. The maximum absolute atomic E-state index is 5.68. The molecule has 0 saturated carbocycles. The van der Waals surface area contributed by atoms with Crippen LogP contribution in [0.4, 0.5) is 0 Å². The molecule has 1 saturated heterocycles. The highest BCUT2D eigenvalue weighted by atomic mass is 32.2. The molecule has 0 radical (unpaired) electrons. The SMILES string of the molecule is C=C(CC)CSc1nnc(C2CCCNC2)o1. The molecule has 1 fully saturated rings. The molecule has 1 atom stereocenters. The molecule has 5 heteroatoms. The number of nitrogens with zero attached hydrogens (tertiary/aromatic N) is 2. The largest absolute Gasteiger partial charge is 0.416 e. The molecular weight excluding hydrogens is 234 g/mol. The molecule has 17 heavy (non-hydrogen) atoms. The predicted octanol–water partition coefficient (Wildman–Crippen LogP) is 2.59. The molecule has 0 amide bonds. The fraction of sp³-hybridized carbons (Fsp3) is 0.667. The molecule has 1 unspecified atom stereocenters. The molecule has 94 valence electrons. The van der Waals surface area contributed by atoms with Gasteiger partial charge in [0.15, 0.2) is 0 Å². The third kappa shape index (κ3) is 3.57. The number of hydrogen-bond acceptors (Lipinski definition) is 5. The van der Waals surface area contributed by atoms with Crippen LogP contribution in [-0.4, -0.2) is 29.0 Å². The molecule has 0 aliphatic carbocycles. The molecule has 1 N–H and O–H groups in total. The van der Waals surface area contributed by atoms with Crippen molar-refractivity contribution in [1.29, 1.82) is 0 Å². The van der Waals surface area contributed by atoms with Gasteiger partial charge in [0.2, 0.25) is 5.89 Å². The van der Waals surface area contributed by atoms with Gasteiger partial charge in [-0.05, 0) is 25.8 Å². The van der Waals surface area contributed by atoms with Crippen LogP contribution in [0.15, 0.2) is 21.8 Å². The molecular formula is C12H19N3OS. The first-order chi connectivity index (χ1) is 8.29. The summed E-state index contributed by atoms with van der Waals surface area (Å²) in [6, 6.07) is 0. The van der Waals surface area contributed by atoms with E-state index in [9.17, 15) is 0 Å². The topological polar surface area (TPSA) is 51.0 Å². The highest BCUT2D eigenvalue weighted by Gasteiger charge is 2.21. The Kier molecular flexibility index (Phi) is 4.62. The van der Waals surface area contributed by atoms with Crippen LogP contribution in [0.1, 0.15) is 38.0 Å². The van der Waals surface area contributed by atoms with Crippen LogP contribution in [0, 0.1) is 0 Å². The van der Waals surface area contributed by atoms with Crippen molar-refractivity contribution < 1.29 is 4.42 Å². The van der Waals surface area contributed by atoms with Crippen molar-refractivity contribution in [3.63, 3.8) is 0 Å². The Morgan fingerprint density at radius 3 is 3.18 bits per heavy atom. The van der Waals surface area contributed by atoms with E-state index in [1.807, 2.05) is 0 Å². The summed E-state index contributed by atoms with van der Waals surface area (Å²) >= 11 is 1.58. The number of aromatic nitrogens is 2. The van der Waals surface area contributed by atoms with E-state index in [1.54, 1.807) is 11.8 Å². The first-order valence-electron chi connectivity index (χ1n) is 6.13. The Labute approximate surface area is 106 Å². The Hall–Kier alpha value is -0.810. The third-order valence-electron chi connectivity index (χ3n) is 2.97. The molecule has 1 aliphatic rings. The summed E-state index contributed by atoms with van der Waals surface area (Å²) in [6.45, 7) is 8.12. The second-order valence-electron chi connectivity index (χ2n) is 4.34. The van der Waals surface area contributed by atoms with Crippen molar-refractivity contribution in [3.05, 3.63) is 18.0 Å². The van der Waals surface area contributed by atoms with Gasteiger partial charge in [0, 0.05) is 18.2 Å². The molecule has 1 aromatic heterocycles. The van der Waals surface area contributed by atoms with Crippen molar-refractivity contribution in [2.24, 2.45) is 0 Å². The Balaban J connectivity index is 1.88. The molecule has 1 aliphatic heterocycles. The summed E-state index contributed by atoms with van der Waals surface area (Å²) in [6.07, 6.45) is 3.32. The molecule has 0 aromatic carbocycles. The van der Waals surface area contributed by atoms with Gasteiger partial charge in [-0.1, -0.05) is 30.8 Å². The predicted molar refractivity (Wildman–Crippen MR) is 69.3 cm³/mol. The average Bonchev–Trinajstić information content (AvgIpc) is 2.86. The summed E-state index contributed by atoms with van der Waals surface area (Å²) in [5, 5.41) is 12.2. The van der Waals surface area contributed by atoms with Crippen molar-refractivity contribution >= 4 is 11.8 Å².